The van der Waals surface area contributed by atoms with Crippen LogP contribution < -0.4 is 5.30 Å². The molecule has 1 aromatic rings. The van der Waals surface area contributed by atoms with Gasteiger partial charge in [-0.2, -0.15) is 0 Å². The molecule has 0 radical (unpaired) electrons. The smallest absolute Gasteiger partial charge is 0.0370 e. The van der Waals surface area contributed by atoms with Crippen molar-refractivity contribution in [3.63, 3.8) is 0 Å². The molecule has 0 saturated heterocycles. The van der Waals surface area contributed by atoms with Crippen LogP contribution in [0.2, 0.25) is 0 Å². The summed E-state index contributed by atoms with van der Waals surface area (Å²) < 4.78 is -1.21. The quantitative estimate of drug-likeness (QED) is 0.564. The van der Waals surface area contributed by atoms with Gasteiger partial charge in [-0.15, -0.1) is 0 Å². The van der Waals surface area contributed by atoms with Crippen molar-refractivity contribution < 1.29 is 0 Å². The van der Waals surface area contributed by atoms with Crippen LogP contribution in [-0.4, -0.2) is 6.66 Å². The lowest BCUT2D eigenvalue weighted by atomic mass is 10.4. The van der Waals surface area contributed by atoms with Crippen molar-refractivity contribution in [2.24, 2.45) is 0 Å². The van der Waals surface area contributed by atoms with E-state index in [1.807, 2.05) is 18.2 Å². The Morgan fingerprint density at radius 1 is 1.30 bits per heavy atom. The van der Waals surface area contributed by atoms with Crippen molar-refractivity contribution in [3.8, 4) is 0 Å². The fourth-order valence-corrected chi connectivity index (χ4v) is 2.73. The monoisotopic (exact) mass is 282 g/mol. The van der Waals surface area contributed by atoms with Crippen LogP contribution in [0.4, 0.5) is 0 Å². The summed E-state index contributed by atoms with van der Waals surface area (Å²) in [7, 11) is 0. The molecule has 0 spiro atoms. The lowest BCUT2D eigenvalue weighted by molar-refractivity contribution is 1.78. The average molecular weight is 282 g/mol. The van der Waals surface area contributed by atoms with Crippen molar-refractivity contribution >= 4 is 42.8 Å². The van der Waals surface area contributed by atoms with Crippen molar-refractivity contribution in [3.05, 3.63) is 30.3 Å². The fraction of sp³-hybridized carbons (Fsp3) is 0.143. The standard InChI is InChI=1S/C7H8IPS/c1-9(8,10)7-5-3-2-4-6-7/h2-6H,1H3. The van der Waals surface area contributed by atoms with E-state index in [0.717, 1.165) is 0 Å². The first kappa shape index (κ1) is 8.69. The summed E-state index contributed by atoms with van der Waals surface area (Å²) in [5, 5.41) is 1.31. The number of benzene rings is 1. The van der Waals surface area contributed by atoms with Gasteiger partial charge < -0.3 is 0 Å². The second kappa shape index (κ2) is 3.33. The highest BCUT2D eigenvalue weighted by Crippen LogP contribution is 2.49. The molecule has 0 aliphatic rings. The molecule has 0 aromatic heterocycles. The molecule has 0 aliphatic heterocycles. The molecule has 54 valence electrons. The zero-order chi connectivity index (χ0) is 7.61. The third kappa shape index (κ3) is 2.33. The van der Waals surface area contributed by atoms with Crippen molar-refractivity contribution in [2.45, 2.75) is 0 Å². The molecule has 3 heteroatoms. The zero-order valence-electron chi connectivity index (χ0n) is 5.62. The molecule has 0 saturated carbocycles. The van der Waals surface area contributed by atoms with Gasteiger partial charge in [0.15, 0.2) is 0 Å². The summed E-state index contributed by atoms with van der Waals surface area (Å²) in [5.74, 6) is 0. The molecule has 0 N–H and O–H groups in total. The number of rotatable bonds is 1. The summed E-state index contributed by atoms with van der Waals surface area (Å²) in [4.78, 5) is 0. The van der Waals surface area contributed by atoms with E-state index in [9.17, 15) is 0 Å². The summed E-state index contributed by atoms with van der Waals surface area (Å²) in [6, 6.07) is 10.3. The highest BCUT2D eigenvalue weighted by molar-refractivity contribution is 14.2. The van der Waals surface area contributed by atoms with E-state index >= 15 is 0 Å². The summed E-state index contributed by atoms with van der Waals surface area (Å²) in [6.07, 6.45) is 0. The topological polar surface area (TPSA) is 0 Å². The predicted octanol–water partition coefficient (Wildman–Crippen LogP) is 2.77. The van der Waals surface area contributed by atoms with E-state index in [1.165, 1.54) is 5.30 Å². The van der Waals surface area contributed by atoms with Crippen LogP contribution in [0.25, 0.3) is 0 Å². The first-order chi connectivity index (χ1) is 4.61. The van der Waals surface area contributed by atoms with Crippen LogP contribution in [0, 0.1) is 0 Å². The van der Waals surface area contributed by atoms with Gasteiger partial charge in [-0.25, -0.2) is 0 Å². The lowest BCUT2D eigenvalue weighted by Crippen LogP contribution is -1.95. The van der Waals surface area contributed by atoms with E-state index < -0.39 is 3.68 Å². The molecule has 0 aliphatic carbocycles. The first-order valence-electron chi connectivity index (χ1n) is 2.93. The minimum absolute atomic E-state index is 1.21. The maximum Gasteiger partial charge on any atom is 0.0370 e. The maximum absolute atomic E-state index is 5.35. The molecule has 0 heterocycles. The van der Waals surface area contributed by atoms with E-state index in [0.29, 0.717) is 0 Å². The summed E-state index contributed by atoms with van der Waals surface area (Å²) in [5.41, 5.74) is 0. The zero-order valence-corrected chi connectivity index (χ0v) is 9.49. The van der Waals surface area contributed by atoms with Gasteiger partial charge in [0.25, 0.3) is 0 Å². The van der Waals surface area contributed by atoms with Gasteiger partial charge >= 0.3 is 0 Å². The van der Waals surface area contributed by atoms with Crippen LogP contribution >= 0.6 is 25.7 Å². The molecule has 1 aromatic carbocycles. The Bertz CT molecular complexity index is 252. The van der Waals surface area contributed by atoms with E-state index in [1.54, 1.807) is 0 Å². The molecule has 1 rings (SSSR count). The molecular formula is C7H8IPS. The fourth-order valence-electron chi connectivity index (χ4n) is 0.694. The second-order valence-corrected chi connectivity index (χ2v) is 14.3. The van der Waals surface area contributed by atoms with Gasteiger partial charge in [-0.05, 0) is 34.0 Å². The number of halogens is 1. The van der Waals surface area contributed by atoms with Crippen LogP contribution in [0.3, 0.4) is 0 Å². The average Bonchev–Trinajstić information content (AvgIpc) is 1.88. The van der Waals surface area contributed by atoms with Crippen molar-refractivity contribution in [1.29, 1.82) is 0 Å². The minimum Gasteiger partial charge on any atom is -0.0817 e. The van der Waals surface area contributed by atoms with Gasteiger partial charge in [0.1, 0.15) is 0 Å². The maximum atomic E-state index is 5.35. The highest BCUT2D eigenvalue weighted by atomic mass is 127. The highest BCUT2D eigenvalue weighted by Gasteiger charge is 2.05. The Labute approximate surface area is 79.5 Å². The molecule has 1 atom stereocenters. The van der Waals surface area contributed by atoms with Gasteiger partial charge in [-0.3, -0.25) is 0 Å². The lowest BCUT2D eigenvalue weighted by Gasteiger charge is -2.06. The SMILES string of the molecule is CP(=S)(I)c1ccccc1. The number of hydrogen-bond donors (Lipinski definition) is 0. The third-order valence-electron chi connectivity index (χ3n) is 1.22. The van der Waals surface area contributed by atoms with Gasteiger partial charge in [0.05, 0.1) is 0 Å². The van der Waals surface area contributed by atoms with E-state index in [2.05, 4.69) is 40.8 Å². The Hall–Kier alpha value is 0.600. The molecule has 0 nitrogen and oxygen atoms in total. The van der Waals surface area contributed by atoms with Gasteiger partial charge in [0.2, 0.25) is 0 Å². The Balaban J connectivity index is 3.09. The normalized spacial score (nSPS) is 16.2. The molecule has 0 fully saturated rings. The minimum atomic E-state index is -1.21. The van der Waals surface area contributed by atoms with E-state index in [4.69, 9.17) is 11.8 Å². The van der Waals surface area contributed by atoms with Crippen LogP contribution in [-0.2, 0) is 11.8 Å². The van der Waals surface area contributed by atoms with Crippen LogP contribution in [0.15, 0.2) is 30.3 Å². The molecule has 0 amide bonds. The van der Waals surface area contributed by atoms with Crippen molar-refractivity contribution in [2.75, 3.05) is 6.66 Å². The third-order valence-corrected chi connectivity index (χ3v) is 4.74. The summed E-state index contributed by atoms with van der Waals surface area (Å²) >= 11 is 7.72. The van der Waals surface area contributed by atoms with Gasteiger partial charge in [-0.1, -0.05) is 42.1 Å². The summed E-state index contributed by atoms with van der Waals surface area (Å²) in [6.45, 7) is 2.14. The molecule has 0 bridgehead atoms. The van der Waals surface area contributed by atoms with Gasteiger partial charge in [0, 0.05) is 3.68 Å². The first-order valence-corrected chi connectivity index (χ1v) is 8.97. The Morgan fingerprint density at radius 3 is 2.10 bits per heavy atom. The molecule has 10 heavy (non-hydrogen) atoms. The Kier molecular flexibility index (Phi) is 2.90. The molecular weight excluding hydrogens is 274 g/mol. The number of hydrogen-bond acceptors (Lipinski definition) is 1. The molecule has 1 unspecified atom stereocenters. The largest absolute Gasteiger partial charge is 0.0817 e. The predicted molar refractivity (Wildman–Crippen MR) is 60.3 cm³/mol. The Morgan fingerprint density at radius 2 is 1.80 bits per heavy atom. The second-order valence-electron chi connectivity index (χ2n) is 2.16. The van der Waals surface area contributed by atoms with E-state index in [-0.39, 0.29) is 0 Å². The van der Waals surface area contributed by atoms with Crippen molar-refractivity contribution in [1.82, 2.24) is 0 Å². The van der Waals surface area contributed by atoms with Crippen LogP contribution in [0.1, 0.15) is 0 Å². The van der Waals surface area contributed by atoms with Crippen LogP contribution in [0.5, 0.6) is 0 Å².